The van der Waals surface area contributed by atoms with E-state index >= 15 is 0 Å². The van der Waals surface area contributed by atoms with Crippen LogP contribution in [0, 0.1) is 12.7 Å². The smallest absolute Gasteiger partial charge is 0.267 e. The lowest BCUT2D eigenvalue weighted by Crippen LogP contribution is -2.30. The Morgan fingerprint density at radius 3 is 2.59 bits per heavy atom. The number of aryl methyl sites for hydroxylation is 1. The third-order valence-electron chi connectivity index (χ3n) is 1.77. The molecule has 1 amide bonds. The van der Waals surface area contributed by atoms with Gasteiger partial charge in [0.25, 0.3) is 5.91 Å². The summed E-state index contributed by atoms with van der Waals surface area (Å²) in [7, 11) is 0. The summed E-state index contributed by atoms with van der Waals surface area (Å²) >= 11 is 0. The number of halogens is 4. The molecule has 0 fully saturated rings. The number of benzene rings is 1. The number of carbonyl (C=O) groups is 1. The molecule has 0 saturated carbocycles. The van der Waals surface area contributed by atoms with Crippen LogP contribution in [0.1, 0.15) is 15.9 Å². The van der Waals surface area contributed by atoms with Crippen molar-refractivity contribution in [3.63, 3.8) is 0 Å². The molecule has 0 spiro atoms. The van der Waals surface area contributed by atoms with Crippen LogP contribution < -0.4 is 5.48 Å². The quantitative estimate of drug-likeness (QED) is 0.661. The highest BCUT2D eigenvalue weighted by Gasteiger charge is 2.28. The molecule has 0 aromatic heterocycles. The van der Waals surface area contributed by atoms with Gasteiger partial charge in [0.1, 0.15) is 5.82 Å². The predicted molar refractivity (Wildman–Crippen MR) is 50.6 cm³/mol. The van der Waals surface area contributed by atoms with Gasteiger partial charge in [-0.25, -0.2) is 9.87 Å². The molecule has 1 N–H and O–H groups in total. The second-order valence-electron chi connectivity index (χ2n) is 3.32. The largest absolute Gasteiger partial charge is 0.414 e. The highest BCUT2D eigenvalue weighted by molar-refractivity contribution is 5.93. The molecule has 0 aliphatic heterocycles. The van der Waals surface area contributed by atoms with Crippen molar-refractivity contribution in [3.8, 4) is 0 Å². The molecule has 0 saturated heterocycles. The summed E-state index contributed by atoms with van der Waals surface area (Å²) in [6.07, 6.45) is -4.56. The van der Waals surface area contributed by atoms with E-state index < -0.39 is 24.5 Å². The van der Waals surface area contributed by atoms with E-state index in [1.807, 2.05) is 0 Å². The number of hydrogen-bond acceptors (Lipinski definition) is 2. The zero-order valence-corrected chi connectivity index (χ0v) is 8.77. The number of amides is 1. The highest BCUT2D eigenvalue weighted by Crippen LogP contribution is 2.14. The van der Waals surface area contributed by atoms with Gasteiger partial charge in [-0.2, -0.15) is 13.2 Å². The molecule has 0 atom stereocenters. The van der Waals surface area contributed by atoms with Crippen LogP contribution >= 0.6 is 0 Å². The van der Waals surface area contributed by atoms with Crippen molar-refractivity contribution >= 4 is 5.91 Å². The Kier molecular flexibility index (Phi) is 4.06. The lowest BCUT2D eigenvalue weighted by atomic mass is 10.1. The topological polar surface area (TPSA) is 38.3 Å². The van der Waals surface area contributed by atoms with E-state index in [-0.39, 0.29) is 5.56 Å². The van der Waals surface area contributed by atoms with Crippen molar-refractivity contribution in [1.29, 1.82) is 0 Å². The zero-order chi connectivity index (χ0) is 13.1. The Balaban J connectivity index is 2.59. The van der Waals surface area contributed by atoms with Crippen LogP contribution in [-0.4, -0.2) is 18.7 Å². The lowest BCUT2D eigenvalue weighted by molar-refractivity contribution is -0.184. The van der Waals surface area contributed by atoms with Crippen LogP contribution in [0.3, 0.4) is 0 Å². The Hall–Kier alpha value is -1.63. The number of hydrogen-bond donors (Lipinski definition) is 1. The van der Waals surface area contributed by atoms with E-state index in [1.54, 1.807) is 6.92 Å². The molecule has 94 valence electrons. The van der Waals surface area contributed by atoms with Gasteiger partial charge in [-0.15, -0.1) is 0 Å². The molecule has 0 bridgehead atoms. The molecule has 1 aromatic rings. The maximum atomic E-state index is 13.2. The molecule has 0 aliphatic rings. The summed E-state index contributed by atoms with van der Waals surface area (Å²) in [6.45, 7) is -0.0167. The standard InChI is InChI=1S/C10H9F4NO2/c1-6-2-3-7(8(11)4-6)9(16)15-17-5-10(12,13)14/h2-4H,5H2,1H3,(H,15,16). The van der Waals surface area contributed by atoms with Gasteiger partial charge < -0.3 is 0 Å². The van der Waals surface area contributed by atoms with Crippen LogP contribution in [0.25, 0.3) is 0 Å². The third kappa shape index (κ3) is 4.39. The minimum absolute atomic E-state index is 0.377. The fourth-order valence-corrected chi connectivity index (χ4v) is 1.04. The first kappa shape index (κ1) is 13.4. The summed E-state index contributed by atoms with van der Waals surface area (Å²) in [5.41, 5.74) is 1.73. The molecular weight excluding hydrogens is 242 g/mol. The van der Waals surface area contributed by atoms with Crippen LogP contribution in [0.4, 0.5) is 17.6 Å². The van der Waals surface area contributed by atoms with E-state index in [1.165, 1.54) is 11.5 Å². The Morgan fingerprint density at radius 2 is 2.06 bits per heavy atom. The molecule has 0 heterocycles. The number of nitrogens with one attached hydrogen (secondary N) is 1. The fraction of sp³-hybridized carbons (Fsp3) is 0.300. The zero-order valence-electron chi connectivity index (χ0n) is 8.77. The lowest BCUT2D eigenvalue weighted by Gasteiger charge is -2.08. The van der Waals surface area contributed by atoms with E-state index in [2.05, 4.69) is 4.84 Å². The van der Waals surface area contributed by atoms with Crippen LogP contribution in [0.2, 0.25) is 0 Å². The summed E-state index contributed by atoms with van der Waals surface area (Å²) < 4.78 is 48.3. The maximum Gasteiger partial charge on any atom is 0.414 e. The Morgan fingerprint density at radius 1 is 1.41 bits per heavy atom. The van der Waals surface area contributed by atoms with Crippen LogP contribution in [0.5, 0.6) is 0 Å². The van der Waals surface area contributed by atoms with Gasteiger partial charge in [0.2, 0.25) is 0 Å². The normalized spacial score (nSPS) is 11.4. The summed E-state index contributed by atoms with van der Waals surface area (Å²) in [5, 5.41) is 0. The molecule has 3 nitrogen and oxygen atoms in total. The summed E-state index contributed by atoms with van der Waals surface area (Å²) in [5.74, 6) is -1.88. The van der Waals surface area contributed by atoms with Gasteiger partial charge in [-0.1, -0.05) is 6.07 Å². The fourth-order valence-electron chi connectivity index (χ4n) is 1.04. The summed E-state index contributed by atoms with van der Waals surface area (Å²) in [6, 6.07) is 3.72. The van der Waals surface area contributed by atoms with E-state index in [4.69, 9.17) is 0 Å². The molecule has 17 heavy (non-hydrogen) atoms. The summed E-state index contributed by atoms with van der Waals surface area (Å²) in [4.78, 5) is 15.1. The van der Waals surface area contributed by atoms with Crippen LogP contribution in [0.15, 0.2) is 18.2 Å². The molecule has 0 aliphatic carbocycles. The number of rotatable bonds is 3. The van der Waals surface area contributed by atoms with Crippen molar-refractivity contribution in [2.45, 2.75) is 13.1 Å². The van der Waals surface area contributed by atoms with Crippen molar-refractivity contribution in [2.75, 3.05) is 6.61 Å². The molecule has 0 radical (unpaired) electrons. The monoisotopic (exact) mass is 251 g/mol. The number of hydroxylamine groups is 1. The Labute approximate surface area is 94.3 Å². The van der Waals surface area contributed by atoms with Crippen molar-refractivity contribution < 1.29 is 27.2 Å². The molecular formula is C10H9F4NO2. The number of carbonyl (C=O) groups excluding carboxylic acids is 1. The first-order valence-corrected chi connectivity index (χ1v) is 4.54. The van der Waals surface area contributed by atoms with Gasteiger partial charge in [-0.05, 0) is 24.6 Å². The van der Waals surface area contributed by atoms with Crippen molar-refractivity contribution in [2.24, 2.45) is 0 Å². The average Bonchev–Trinajstić information content (AvgIpc) is 2.15. The minimum Gasteiger partial charge on any atom is -0.267 e. The first-order valence-electron chi connectivity index (χ1n) is 4.54. The van der Waals surface area contributed by atoms with Crippen LogP contribution in [-0.2, 0) is 4.84 Å². The molecule has 1 rings (SSSR count). The second-order valence-corrected chi connectivity index (χ2v) is 3.32. The van der Waals surface area contributed by atoms with Gasteiger partial charge in [0.05, 0.1) is 5.56 Å². The third-order valence-corrected chi connectivity index (χ3v) is 1.77. The minimum atomic E-state index is -4.56. The molecule has 1 aromatic carbocycles. The van der Waals surface area contributed by atoms with E-state index in [0.29, 0.717) is 5.56 Å². The van der Waals surface area contributed by atoms with Gasteiger partial charge in [-0.3, -0.25) is 9.63 Å². The molecule has 0 unspecified atom stereocenters. The van der Waals surface area contributed by atoms with Gasteiger partial charge >= 0.3 is 6.18 Å². The number of alkyl halides is 3. The highest BCUT2D eigenvalue weighted by atomic mass is 19.4. The van der Waals surface area contributed by atoms with Crippen molar-refractivity contribution in [1.82, 2.24) is 5.48 Å². The van der Waals surface area contributed by atoms with E-state index in [0.717, 1.165) is 12.1 Å². The van der Waals surface area contributed by atoms with Crippen molar-refractivity contribution in [3.05, 3.63) is 35.1 Å². The molecule has 7 heteroatoms. The van der Waals surface area contributed by atoms with Gasteiger partial charge in [0.15, 0.2) is 6.61 Å². The maximum absolute atomic E-state index is 13.2. The second kappa shape index (κ2) is 5.13. The van der Waals surface area contributed by atoms with E-state index in [9.17, 15) is 22.4 Å². The van der Waals surface area contributed by atoms with Gasteiger partial charge in [0, 0.05) is 0 Å². The predicted octanol–water partition coefficient (Wildman–Crippen LogP) is 2.36. The SMILES string of the molecule is Cc1ccc(C(=O)NOCC(F)(F)F)c(F)c1. The Bertz CT molecular complexity index is 417. The average molecular weight is 251 g/mol. The first-order chi connectivity index (χ1) is 7.79.